The van der Waals surface area contributed by atoms with Gasteiger partial charge in [0.2, 0.25) is 5.91 Å². The quantitative estimate of drug-likeness (QED) is 0.827. The number of nitrogens with zero attached hydrogens (tertiary/aromatic N) is 1. The van der Waals surface area contributed by atoms with Gasteiger partial charge in [0.25, 0.3) is 0 Å². The van der Waals surface area contributed by atoms with E-state index in [9.17, 15) is 18.4 Å². The second kappa shape index (κ2) is 8.26. The van der Waals surface area contributed by atoms with E-state index in [0.717, 1.165) is 24.0 Å². The zero-order valence-corrected chi connectivity index (χ0v) is 13.5. The smallest absolute Gasteiger partial charge is 0.324 e. The van der Waals surface area contributed by atoms with Crippen LogP contribution in [0.25, 0.3) is 0 Å². The molecule has 1 fully saturated rings. The average Bonchev–Trinajstić information content (AvgIpc) is 2.51. The van der Waals surface area contributed by atoms with Crippen LogP contribution in [0.4, 0.5) is 14.5 Å². The van der Waals surface area contributed by atoms with Gasteiger partial charge in [0, 0.05) is 24.1 Å². The number of hydrogen-bond acceptors (Lipinski definition) is 5. The van der Waals surface area contributed by atoms with Crippen molar-refractivity contribution in [1.29, 1.82) is 0 Å². The van der Waals surface area contributed by atoms with Crippen LogP contribution in [0.2, 0.25) is 0 Å². The Labute approximate surface area is 137 Å². The molecule has 1 atom stereocenters. The van der Waals surface area contributed by atoms with Crippen LogP contribution >= 0.6 is 11.8 Å². The first-order valence-electron chi connectivity index (χ1n) is 7.24. The summed E-state index contributed by atoms with van der Waals surface area (Å²) in [6, 6.07) is 2.34. The second-order valence-corrected chi connectivity index (χ2v) is 6.14. The zero-order valence-electron chi connectivity index (χ0n) is 12.7. The Balaban J connectivity index is 1.99. The van der Waals surface area contributed by atoms with E-state index in [4.69, 9.17) is 4.74 Å². The van der Waals surface area contributed by atoms with Gasteiger partial charge in [0.15, 0.2) is 0 Å². The third-order valence-electron chi connectivity index (χ3n) is 3.35. The van der Waals surface area contributed by atoms with Gasteiger partial charge < -0.3 is 10.1 Å². The van der Waals surface area contributed by atoms with E-state index in [1.165, 1.54) is 0 Å². The fourth-order valence-corrected chi connectivity index (χ4v) is 3.35. The third kappa shape index (κ3) is 4.90. The SMILES string of the molecule is CCOC(=O)C1CSCCN1CC(=O)Nc1cc(F)ccc1F. The summed E-state index contributed by atoms with van der Waals surface area (Å²) in [6.07, 6.45) is 0. The van der Waals surface area contributed by atoms with Gasteiger partial charge in [-0.1, -0.05) is 0 Å². The Morgan fingerprint density at radius 3 is 2.96 bits per heavy atom. The molecule has 1 heterocycles. The van der Waals surface area contributed by atoms with Crippen molar-refractivity contribution in [3.63, 3.8) is 0 Å². The molecule has 1 unspecified atom stereocenters. The fourth-order valence-electron chi connectivity index (χ4n) is 2.25. The highest BCUT2D eigenvalue weighted by molar-refractivity contribution is 7.99. The monoisotopic (exact) mass is 344 g/mol. The molecule has 0 aliphatic carbocycles. The highest BCUT2D eigenvalue weighted by atomic mass is 32.2. The number of hydrogen-bond donors (Lipinski definition) is 1. The van der Waals surface area contributed by atoms with E-state index in [-0.39, 0.29) is 24.8 Å². The van der Waals surface area contributed by atoms with Crippen molar-refractivity contribution in [2.75, 3.05) is 36.5 Å². The predicted octanol–water partition coefficient (Wildman–Crippen LogP) is 1.88. The molecular formula is C15H18F2N2O3S. The molecule has 0 saturated carbocycles. The average molecular weight is 344 g/mol. The lowest BCUT2D eigenvalue weighted by Gasteiger charge is -2.32. The largest absolute Gasteiger partial charge is 0.465 e. The Kier molecular flexibility index (Phi) is 6.35. The minimum atomic E-state index is -0.712. The number of benzene rings is 1. The topological polar surface area (TPSA) is 58.6 Å². The van der Waals surface area contributed by atoms with E-state index in [1.54, 1.807) is 23.6 Å². The van der Waals surface area contributed by atoms with Gasteiger partial charge in [-0.05, 0) is 19.1 Å². The molecule has 1 amide bonds. The number of rotatable bonds is 5. The van der Waals surface area contributed by atoms with E-state index in [1.807, 2.05) is 0 Å². The standard InChI is InChI=1S/C15H18F2N2O3S/c1-2-22-15(21)13-9-23-6-5-19(13)8-14(20)18-12-7-10(16)3-4-11(12)17/h3-4,7,13H,2,5-6,8-9H2,1H3,(H,18,20). The van der Waals surface area contributed by atoms with Gasteiger partial charge in [-0.3, -0.25) is 14.5 Å². The molecule has 1 N–H and O–H groups in total. The molecule has 23 heavy (non-hydrogen) atoms. The Hall–Kier alpha value is -1.67. The molecule has 0 bridgehead atoms. The van der Waals surface area contributed by atoms with E-state index in [0.29, 0.717) is 12.3 Å². The Morgan fingerprint density at radius 1 is 1.43 bits per heavy atom. The fraction of sp³-hybridized carbons (Fsp3) is 0.467. The minimum absolute atomic E-state index is 0.0833. The lowest BCUT2D eigenvalue weighted by atomic mass is 10.2. The van der Waals surface area contributed by atoms with Gasteiger partial charge >= 0.3 is 5.97 Å². The van der Waals surface area contributed by atoms with Crippen LogP contribution in [-0.2, 0) is 14.3 Å². The summed E-state index contributed by atoms with van der Waals surface area (Å²) in [5.74, 6) is -0.894. The normalized spacial score (nSPS) is 18.5. The van der Waals surface area contributed by atoms with Crippen LogP contribution in [0.1, 0.15) is 6.92 Å². The summed E-state index contributed by atoms with van der Waals surface area (Å²) < 4.78 is 31.7. The van der Waals surface area contributed by atoms with Gasteiger partial charge in [-0.15, -0.1) is 0 Å². The molecule has 8 heteroatoms. The van der Waals surface area contributed by atoms with Crippen molar-refractivity contribution in [2.24, 2.45) is 0 Å². The third-order valence-corrected chi connectivity index (χ3v) is 4.37. The maximum atomic E-state index is 13.5. The molecule has 1 aliphatic heterocycles. The molecule has 1 aromatic rings. The lowest BCUT2D eigenvalue weighted by Crippen LogP contribution is -2.50. The molecule has 0 radical (unpaired) electrons. The summed E-state index contributed by atoms with van der Waals surface area (Å²) in [7, 11) is 0. The van der Waals surface area contributed by atoms with Crippen molar-refractivity contribution in [3.05, 3.63) is 29.8 Å². The highest BCUT2D eigenvalue weighted by Crippen LogP contribution is 2.19. The van der Waals surface area contributed by atoms with Gasteiger partial charge in [0.1, 0.15) is 17.7 Å². The maximum Gasteiger partial charge on any atom is 0.324 e. The number of ether oxygens (including phenoxy) is 1. The van der Waals surface area contributed by atoms with Crippen LogP contribution in [0.5, 0.6) is 0 Å². The molecule has 1 aliphatic rings. The van der Waals surface area contributed by atoms with Crippen molar-refractivity contribution < 1.29 is 23.1 Å². The Bertz CT molecular complexity index is 586. The summed E-state index contributed by atoms with van der Waals surface area (Å²) in [6.45, 7) is 2.46. The summed E-state index contributed by atoms with van der Waals surface area (Å²) >= 11 is 1.61. The second-order valence-electron chi connectivity index (χ2n) is 4.99. The zero-order chi connectivity index (χ0) is 16.8. The molecule has 1 saturated heterocycles. The number of thioether (sulfide) groups is 1. The molecule has 1 aromatic carbocycles. The van der Waals surface area contributed by atoms with Crippen molar-refractivity contribution in [3.8, 4) is 0 Å². The number of amides is 1. The van der Waals surface area contributed by atoms with Crippen LogP contribution in [0.15, 0.2) is 18.2 Å². The molecule has 0 spiro atoms. The van der Waals surface area contributed by atoms with E-state index >= 15 is 0 Å². The number of carbonyl (C=O) groups is 2. The number of anilines is 1. The van der Waals surface area contributed by atoms with Crippen LogP contribution in [0, 0.1) is 11.6 Å². The molecule has 126 valence electrons. The van der Waals surface area contributed by atoms with Crippen molar-refractivity contribution in [1.82, 2.24) is 4.90 Å². The summed E-state index contributed by atoms with van der Waals surface area (Å²) in [4.78, 5) is 25.7. The van der Waals surface area contributed by atoms with E-state index < -0.39 is 23.6 Å². The van der Waals surface area contributed by atoms with Gasteiger partial charge in [-0.2, -0.15) is 11.8 Å². The van der Waals surface area contributed by atoms with E-state index in [2.05, 4.69) is 5.32 Å². The lowest BCUT2D eigenvalue weighted by molar-refractivity contribution is -0.148. The predicted molar refractivity (Wildman–Crippen MR) is 84.3 cm³/mol. The number of halogens is 2. The summed E-state index contributed by atoms with van der Waals surface area (Å²) in [5, 5.41) is 2.34. The van der Waals surface area contributed by atoms with Crippen LogP contribution in [0.3, 0.4) is 0 Å². The Morgan fingerprint density at radius 2 is 2.22 bits per heavy atom. The van der Waals surface area contributed by atoms with Gasteiger partial charge in [0.05, 0.1) is 18.8 Å². The number of esters is 1. The molecule has 5 nitrogen and oxygen atoms in total. The molecule has 0 aromatic heterocycles. The van der Waals surface area contributed by atoms with Crippen LogP contribution in [-0.4, -0.2) is 54.0 Å². The molecule has 2 rings (SSSR count). The van der Waals surface area contributed by atoms with Crippen LogP contribution < -0.4 is 5.32 Å². The first kappa shape index (κ1) is 17.7. The van der Waals surface area contributed by atoms with Crippen molar-refractivity contribution in [2.45, 2.75) is 13.0 Å². The molecular weight excluding hydrogens is 326 g/mol. The number of nitrogens with one attached hydrogen (secondary N) is 1. The first-order valence-corrected chi connectivity index (χ1v) is 8.40. The minimum Gasteiger partial charge on any atom is -0.465 e. The summed E-state index contributed by atoms with van der Waals surface area (Å²) in [5.41, 5.74) is -0.214. The maximum absolute atomic E-state index is 13.5. The number of carbonyl (C=O) groups excluding carboxylic acids is 2. The van der Waals surface area contributed by atoms with Crippen molar-refractivity contribution >= 4 is 29.3 Å². The highest BCUT2D eigenvalue weighted by Gasteiger charge is 2.31. The first-order chi connectivity index (χ1) is 11.0. The van der Waals surface area contributed by atoms with Gasteiger partial charge in [-0.25, -0.2) is 8.78 Å².